The van der Waals surface area contributed by atoms with Gasteiger partial charge in [-0.2, -0.15) is 0 Å². The van der Waals surface area contributed by atoms with E-state index in [1.54, 1.807) is 14.2 Å². The number of hydrogen-bond acceptors (Lipinski definition) is 4. The summed E-state index contributed by atoms with van der Waals surface area (Å²) < 4.78 is 11.5. The van der Waals surface area contributed by atoms with Gasteiger partial charge in [-0.25, -0.2) is 0 Å². The van der Waals surface area contributed by atoms with E-state index in [4.69, 9.17) is 20.6 Å². The lowest BCUT2D eigenvalue weighted by molar-refractivity contribution is -0.133. The summed E-state index contributed by atoms with van der Waals surface area (Å²) in [4.78, 5) is 14.7. The van der Waals surface area contributed by atoms with Gasteiger partial charge in [0.25, 0.3) is 0 Å². The smallest absolute Gasteiger partial charge is 0.239 e. The Morgan fingerprint density at radius 2 is 1.90 bits per heavy atom. The molecule has 6 nitrogen and oxygen atoms in total. The molecule has 1 amide bonds. The average molecular weight is 424 g/mol. The van der Waals surface area contributed by atoms with Gasteiger partial charge in [-0.05, 0) is 56.9 Å². The van der Waals surface area contributed by atoms with Crippen LogP contribution in [0.3, 0.4) is 0 Å². The Bertz CT molecular complexity index is 968. The van der Waals surface area contributed by atoms with Gasteiger partial charge in [0.15, 0.2) is 5.96 Å². The summed E-state index contributed by atoms with van der Waals surface area (Å²) >= 11 is 0. The third-order valence-corrected chi connectivity index (χ3v) is 6.07. The number of nitrogens with two attached hydrogens (primary N) is 1. The topological polar surface area (TPSA) is 88.6 Å². The Morgan fingerprint density at radius 1 is 1.23 bits per heavy atom. The van der Waals surface area contributed by atoms with E-state index >= 15 is 0 Å². The molecule has 0 unspecified atom stereocenters. The Hall–Kier alpha value is -2.86. The Labute approximate surface area is 184 Å². The van der Waals surface area contributed by atoms with Gasteiger partial charge in [0.05, 0.1) is 5.41 Å². The molecule has 0 aliphatic carbocycles. The first-order chi connectivity index (χ1) is 14.7. The molecule has 0 bridgehead atoms. The van der Waals surface area contributed by atoms with Crippen LogP contribution in [0.25, 0.3) is 11.1 Å². The number of benzene rings is 2. The minimum Gasteiger partial charge on any atom is -0.490 e. The molecule has 3 rings (SSSR count). The fraction of sp³-hybridized carbons (Fsp3) is 0.440. The van der Waals surface area contributed by atoms with E-state index in [0.717, 1.165) is 35.3 Å². The number of aryl methyl sites for hydroxylation is 2. The number of rotatable bonds is 6. The van der Waals surface area contributed by atoms with Crippen LogP contribution in [0.15, 0.2) is 36.4 Å². The molecule has 2 aromatic carbocycles. The van der Waals surface area contributed by atoms with Crippen molar-refractivity contribution in [1.82, 2.24) is 4.90 Å². The van der Waals surface area contributed by atoms with Gasteiger partial charge in [0, 0.05) is 32.7 Å². The van der Waals surface area contributed by atoms with Crippen LogP contribution in [0.4, 0.5) is 0 Å². The summed E-state index contributed by atoms with van der Waals surface area (Å²) in [6.45, 7) is 6.75. The molecule has 31 heavy (non-hydrogen) atoms. The molecule has 0 radical (unpaired) electrons. The lowest BCUT2D eigenvalue weighted by Crippen LogP contribution is -2.51. The second-order valence-electron chi connectivity index (χ2n) is 8.75. The van der Waals surface area contributed by atoms with Gasteiger partial charge in [-0.15, -0.1) is 0 Å². The molecule has 0 aromatic heterocycles. The Balaban J connectivity index is 2.07. The molecule has 166 valence electrons. The molecular formula is C25H33N3O3. The molecule has 0 saturated carbocycles. The van der Waals surface area contributed by atoms with Gasteiger partial charge in [0.2, 0.25) is 5.91 Å². The Morgan fingerprint density at radius 3 is 2.52 bits per heavy atom. The third-order valence-electron chi connectivity index (χ3n) is 6.07. The highest BCUT2D eigenvalue weighted by Gasteiger charge is 2.45. The Kier molecular flexibility index (Phi) is 6.70. The van der Waals surface area contributed by atoms with Crippen molar-refractivity contribution in [1.29, 1.82) is 5.41 Å². The number of guanidine groups is 1. The molecule has 1 aliphatic rings. The van der Waals surface area contributed by atoms with Crippen LogP contribution in [0.5, 0.6) is 5.75 Å². The van der Waals surface area contributed by atoms with Gasteiger partial charge >= 0.3 is 0 Å². The molecule has 3 N–H and O–H groups in total. The van der Waals surface area contributed by atoms with Crippen molar-refractivity contribution in [3.8, 4) is 16.9 Å². The molecule has 2 aromatic rings. The van der Waals surface area contributed by atoms with Gasteiger partial charge in [-0.3, -0.25) is 15.1 Å². The molecule has 0 spiro atoms. The van der Waals surface area contributed by atoms with Crippen LogP contribution in [0.2, 0.25) is 0 Å². The summed E-state index contributed by atoms with van der Waals surface area (Å²) in [6, 6.07) is 12.5. The first kappa shape index (κ1) is 22.8. The number of likely N-dealkylation sites (N-methyl/N-ethyl adjacent to an activating group) is 1. The van der Waals surface area contributed by atoms with E-state index in [-0.39, 0.29) is 18.0 Å². The molecule has 6 heteroatoms. The van der Waals surface area contributed by atoms with Crippen LogP contribution in [-0.4, -0.2) is 43.6 Å². The van der Waals surface area contributed by atoms with Crippen molar-refractivity contribution in [3.05, 3.63) is 53.1 Å². The van der Waals surface area contributed by atoms with Gasteiger partial charge < -0.3 is 15.2 Å². The number of ether oxygens (including phenoxy) is 2. The van der Waals surface area contributed by atoms with Crippen molar-refractivity contribution in [2.45, 2.75) is 51.6 Å². The maximum atomic E-state index is 13.5. The summed E-state index contributed by atoms with van der Waals surface area (Å²) in [7, 11) is 3.24. The molecule has 1 aliphatic heterocycles. The maximum Gasteiger partial charge on any atom is 0.239 e. The minimum absolute atomic E-state index is 0.107. The number of carbonyl (C=O) groups is 1. The fourth-order valence-corrected chi connectivity index (χ4v) is 4.47. The number of nitrogens with one attached hydrogen (secondary N) is 1. The summed E-state index contributed by atoms with van der Waals surface area (Å²) in [5.41, 5.74) is 10.2. The number of amides is 1. The van der Waals surface area contributed by atoms with Crippen molar-refractivity contribution in [2.75, 3.05) is 20.8 Å². The summed E-state index contributed by atoms with van der Waals surface area (Å²) in [5, 5.41) is 7.77. The summed E-state index contributed by atoms with van der Waals surface area (Å²) in [5.74, 6) is 0.258. The highest BCUT2D eigenvalue weighted by molar-refractivity contribution is 6.00. The highest BCUT2D eigenvalue weighted by Crippen LogP contribution is 2.45. The van der Waals surface area contributed by atoms with Crippen molar-refractivity contribution in [2.24, 2.45) is 5.73 Å². The van der Waals surface area contributed by atoms with E-state index in [9.17, 15) is 4.79 Å². The van der Waals surface area contributed by atoms with E-state index in [1.165, 1.54) is 16.0 Å². The zero-order chi connectivity index (χ0) is 22.8. The predicted octanol–water partition coefficient (Wildman–Crippen LogP) is 4.16. The van der Waals surface area contributed by atoms with Crippen LogP contribution in [-0.2, 0) is 14.9 Å². The lowest BCUT2D eigenvalue weighted by atomic mass is 9.73. The average Bonchev–Trinajstić information content (AvgIpc) is 2.72. The standard InChI is InChI=1S/C25H33N3O3/c1-16-11-17(2)13-19(12-16)18-8-9-22-21(14-18)25(3,23(29)28(4)24(26)27)15-20(31-22)7-6-10-30-5/h8-9,11-14,20H,6-7,10,15H2,1-5H3,(H3,26,27)/t20-,25-/m1/s1. The maximum absolute atomic E-state index is 13.5. The van der Waals surface area contributed by atoms with Crippen molar-refractivity contribution in [3.63, 3.8) is 0 Å². The molecule has 2 atom stereocenters. The molecule has 0 fully saturated rings. The van der Waals surface area contributed by atoms with Crippen LogP contribution < -0.4 is 10.5 Å². The lowest BCUT2D eigenvalue weighted by Gasteiger charge is -2.41. The zero-order valence-corrected chi connectivity index (χ0v) is 19.1. The van der Waals surface area contributed by atoms with Crippen LogP contribution >= 0.6 is 0 Å². The quantitative estimate of drug-likeness (QED) is 0.415. The number of nitrogens with zero attached hydrogens (tertiary/aromatic N) is 1. The third kappa shape index (κ3) is 4.74. The number of fused-ring (bicyclic) bond motifs is 1. The normalized spacial score (nSPS) is 20.0. The van der Waals surface area contributed by atoms with E-state index < -0.39 is 5.41 Å². The first-order valence-corrected chi connectivity index (χ1v) is 10.7. The van der Waals surface area contributed by atoms with Gasteiger partial charge in [0.1, 0.15) is 11.9 Å². The monoisotopic (exact) mass is 423 g/mol. The van der Waals surface area contributed by atoms with Crippen LogP contribution in [0.1, 0.15) is 42.9 Å². The van der Waals surface area contributed by atoms with Crippen LogP contribution in [0, 0.1) is 19.3 Å². The minimum atomic E-state index is -0.847. The molecule has 1 heterocycles. The number of carbonyl (C=O) groups excluding carboxylic acids is 1. The van der Waals surface area contributed by atoms with Crippen molar-refractivity contribution >= 4 is 11.9 Å². The fourth-order valence-electron chi connectivity index (χ4n) is 4.47. The predicted molar refractivity (Wildman–Crippen MR) is 124 cm³/mol. The zero-order valence-electron chi connectivity index (χ0n) is 19.1. The number of methoxy groups -OCH3 is 1. The van der Waals surface area contributed by atoms with E-state index in [1.807, 2.05) is 19.1 Å². The van der Waals surface area contributed by atoms with Crippen molar-refractivity contribution < 1.29 is 14.3 Å². The highest BCUT2D eigenvalue weighted by atomic mass is 16.5. The molecule has 0 saturated heterocycles. The summed E-state index contributed by atoms with van der Waals surface area (Å²) in [6.07, 6.45) is 2.06. The SMILES string of the molecule is COCCC[C@@H]1C[C@@](C)(C(=O)N(C)C(=N)N)c2cc(-c3cc(C)cc(C)c3)ccc2O1. The van der Waals surface area contributed by atoms with Gasteiger partial charge in [-0.1, -0.05) is 35.4 Å². The van der Waals surface area contributed by atoms with E-state index in [2.05, 4.69) is 38.1 Å². The molecular weight excluding hydrogens is 390 g/mol. The first-order valence-electron chi connectivity index (χ1n) is 10.7. The second kappa shape index (κ2) is 9.10. The van der Waals surface area contributed by atoms with E-state index in [0.29, 0.717) is 13.0 Å². The largest absolute Gasteiger partial charge is 0.490 e. The number of hydrogen-bond donors (Lipinski definition) is 2. The second-order valence-corrected chi connectivity index (χ2v) is 8.75.